The van der Waals surface area contributed by atoms with Gasteiger partial charge in [0.2, 0.25) is 0 Å². The number of carbonyl (C=O) groups excluding carboxylic acids is 1. The van der Waals surface area contributed by atoms with Gasteiger partial charge in [0.25, 0.3) is 5.91 Å². The van der Waals surface area contributed by atoms with Crippen LogP contribution in [0, 0.1) is 6.92 Å². The number of aryl methyl sites for hydroxylation is 1. The molecule has 0 bridgehead atoms. The number of carbonyl (C=O) groups is 1. The third-order valence-corrected chi connectivity index (χ3v) is 4.93. The quantitative estimate of drug-likeness (QED) is 0.685. The standard InChI is InChI=1S/C15H16N8OS/c1-11-14(25-20-19-11)15(24)22-7-5-21(6-8-22)12-9-13(17-10-16-12)23-4-2-3-18-23/h2-4,9-10H,5-8H2,1H3. The maximum Gasteiger partial charge on any atom is 0.267 e. The van der Waals surface area contributed by atoms with Crippen LogP contribution in [-0.2, 0) is 0 Å². The molecule has 1 aliphatic heterocycles. The van der Waals surface area contributed by atoms with Crippen LogP contribution in [0.1, 0.15) is 15.4 Å². The maximum absolute atomic E-state index is 12.5. The van der Waals surface area contributed by atoms with E-state index in [1.165, 1.54) is 6.33 Å². The van der Waals surface area contributed by atoms with E-state index in [1.807, 2.05) is 30.2 Å². The average Bonchev–Trinajstić information content (AvgIpc) is 3.33. The number of anilines is 1. The van der Waals surface area contributed by atoms with Crippen molar-refractivity contribution in [3.63, 3.8) is 0 Å². The third-order valence-electron chi connectivity index (χ3n) is 4.11. The first-order valence-electron chi connectivity index (χ1n) is 7.87. The molecular weight excluding hydrogens is 340 g/mol. The van der Waals surface area contributed by atoms with E-state index >= 15 is 0 Å². The van der Waals surface area contributed by atoms with Gasteiger partial charge in [-0.1, -0.05) is 4.49 Å². The zero-order chi connectivity index (χ0) is 17.2. The minimum Gasteiger partial charge on any atom is -0.353 e. The van der Waals surface area contributed by atoms with Crippen molar-refractivity contribution in [2.45, 2.75) is 6.92 Å². The van der Waals surface area contributed by atoms with Crippen molar-refractivity contribution in [1.29, 1.82) is 0 Å². The van der Waals surface area contributed by atoms with Gasteiger partial charge in [0.15, 0.2) is 5.82 Å². The summed E-state index contributed by atoms with van der Waals surface area (Å²) in [5, 5.41) is 8.10. The Labute approximate surface area is 148 Å². The lowest BCUT2D eigenvalue weighted by atomic mass is 10.2. The summed E-state index contributed by atoms with van der Waals surface area (Å²) < 4.78 is 5.54. The summed E-state index contributed by atoms with van der Waals surface area (Å²) in [5.74, 6) is 1.56. The van der Waals surface area contributed by atoms with Crippen molar-refractivity contribution in [3.8, 4) is 5.82 Å². The fourth-order valence-electron chi connectivity index (χ4n) is 2.75. The Kier molecular flexibility index (Phi) is 4.10. The van der Waals surface area contributed by atoms with E-state index in [4.69, 9.17) is 0 Å². The van der Waals surface area contributed by atoms with Crippen molar-refractivity contribution in [2.75, 3.05) is 31.1 Å². The number of aromatic nitrogens is 6. The first-order valence-corrected chi connectivity index (χ1v) is 8.65. The predicted molar refractivity (Wildman–Crippen MR) is 91.9 cm³/mol. The second-order valence-corrected chi connectivity index (χ2v) is 6.41. The van der Waals surface area contributed by atoms with Crippen LogP contribution in [0.3, 0.4) is 0 Å². The Morgan fingerprint density at radius 1 is 1.16 bits per heavy atom. The number of piperazine rings is 1. The van der Waals surface area contributed by atoms with Gasteiger partial charge in [-0.3, -0.25) is 4.79 Å². The van der Waals surface area contributed by atoms with Gasteiger partial charge in [0.1, 0.15) is 17.0 Å². The fraction of sp³-hybridized carbons (Fsp3) is 0.333. The molecule has 0 aliphatic carbocycles. The fourth-order valence-corrected chi connectivity index (χ4v) is 3.37. The van der Waals surface area contributed by atoms with Gasteiger partial charge in [-0.15, -0.1) is 5.10 Å². The number of rotatable bonds is 3. The topological polar surface area (TPSA) is 92.9 Å². The van der Waals surface area contributed by atoms with E-state index in [2.05, 4.69) is 29.6 Å². The van der Waals surface area contributed by atoms with Gasteiger partial charge in [-0.25, -0.2) is 14.6 Å². The van der Waals surface area contributed by atoms with Gasteiger partial charge in [-0.2, -0.15) is 5.10 Å². The number of hydrogen-bond acceptors (Lipinski definition) is 8. The van der Waals surface area contributed by atoms with Crippen LogP contribution in [0.15, 0.2) is 30.9 Å². The lowest BCUT2D eigenvalue weighted by Crippen LogP contribution is -2.49. The minimum atomic E-state index is 0.00654. The molecule has 128 valence electrons. The summed E-state index contributed by atoms with van der Waals surface area (Å²) in [6, 6.07) is 3.75. The predicted octanol–water partition coefficient (Wildman–Crippen LogP) is 0.785. The van der Waals surface area contributed by atoms with Crippen molar-refractivity contribution in [2.24, 2.45) is 0 Å². The SMILES string of the molecule is Cc1nnsc1C(=O)N1CCN(c2cc(-n3cccn3)ncn2)CC1. The van der Waals surface area contributed by atoms with Crippen LogP contribution in [0.4, 0.5) is 5.82 Å². The Morgan fingerprint density at radius 3 is 2.64 bits per heavy atom. The van der Waals surface area contributed by atoms with Gasteiger partial charge < -0.3 is 9.80 Å². The van der Waals surface area contributed by atoms with Gasteiger partial charge in [0.05, 0.1) is 5.69 Å². The second-order valence-electron chi connectivity index (χ2n) is 5.65. The van der Waals surface area contributed by atoms with E-state index in [0.29, 0.717) is 36.8 Å². The molecule has 4 heterocycles. The summed E-state index contributed by atoms with van der Waals surface area (Å²) in [5.41, 5.74) is 0.692. The molecule has 0 unspecified atom stereocenters. The Bertz CT molecular complexity index is 869. The third kappa shape index (κ3) is 3.07. The van der Waals surface area contributed by atoms with E-state index < -0.39 is 0 Å². The van der Waals surface area contributed by atoms with Crippen molar-refractivity contribution in [3.05, 3.63) is 41.4 Å². The van der Waals surface area contributed by atoms with Crippen LogP contribution in [0.2, 0.25) is 0 Å². The molecule has 0 N–H and O–H groups in total. The molecular formula is C15H16N8OS. The smallest absolute Gasteiger partial charge is 0.267 e. The Balaban J connectivity index is 1.45. The largest absolute Gasteiger partial charge is 0.353 e. The van der Waals surface area contributed by atoms with Gasteiger partial charge >= 0.3 is 0 Å². The molecule has 10 heteroatoms. The molecule has 0 aromatic carbocycles. The second kappa shape index (κ2) is 6.55. The van der Waals surface area contributed by atoms with E-state index in [0.717, 1.165) is 23.2 Å². The van der Waals surface area contributed by atoms with Crippen molar-refractivity contribution >= 4 is 23.3 Å². The van der Waals surface area contributed by atoms with Crippen molar-refractivity contribution in [1.82, 2.24) is 34.2 Å². The number of nitrogens with zero attached hydrogens (tertiary/aromatic N) is 8. The lowest BCUT2D eigenvalue weighted by molar-refractivity contribution is 0.0750. The number of hydrogen-bond donors (Lipinski definition) is 0. The highest BCUT2D eigenvalue weighted by Crippen LogP contribution is 2.18. The van der Waals surface area contributed by atoms with Gasteiger partial charge in [0, 0.05) is 44.6 Å². The highest BCUT2D eigenvalue weighted by Gasteiger charge is 2.25. The average molecular weight is 356 g/mol. The maximum atomic E-state index is 12.5. The first-order chi connectivity index (χ1) is 12.2. The van der Waals surface area contributed by atoms with Crippen molar-refractivity contribution < 1.29 is 4.79 Å². The normalized spacial score (nSPS) is 14.8. The first kappa shape index (κ1) is 15.6. The summed E-state index contributed by atoms with van der Waals surface area (Å²) >= 11 is 1.15. The molecule has 0 spiro atoms. The van der Waals surface area contributed by atoms with E-state index in [-0.39, 0.29) is 5.91 Å². The van der Waals surface area contributed by atoms with Crippen LogP contribution >= 0.6 is 11.5 Å². The highest BCUT2D eigenvalue weighted by molar-refractivity contribution is 7.07. The lowest BCUT2D eigenvalue weighted by Gasteiger charge is -2.35. The molecule has 1 fully saturated rings. The summed E-state index contributed by atoms with van der Waals surface area (Å²) in [7, 11) is 0. The van der Waals surface area contributed by atoms with E-state index in [9.17, 15) is 4.79 Å². The molecule has 3 aromatic heterocycles. The zero-order valence-electron chi connectivity index (χ0n) is 13.6. The molecule has 3 aromatic rings. The monoisotopic (exact) mass is 356 g/mol. The van der Waals surface area contributed by atoms with E-state index in [1.54, 1.807) is 10.9 Å². The molecule has 0 saturated carbocycles. The Hall–Kier alpha value is -2.88. The molecule has 4 rings (SSSR count). The zero-order valence-corrected chi connectivity index (χ0v) is 14.4. The molecule has 25 heavy (non-hydrogen) atoms. The van der Waals surface area contributed by atoms with Crippen LogP contribution in [-0.4, -0.2) is 66.3 Å². The molecule has 0 radical (unpaired) electrons. The summed E-state index contributed by atoms with van der Waals surface area (Å²) in [6.45, 7) is 4.51. The summed E-state index contributed by atoms with van der Waals surface area (Å²) in [4.78, 5) is 25.8. The highest BCUT2D eigenvalue weighted by atomic mass is 32.1. The van der Waals surface area contributed by atoms with Crippen LogP contribution in [0.25, 0.3) is 5.82 Å². The molecule has 9 nitrogen and oxygen atoms in total. The van der Waals surface area contributed by atoms with Gasteiger partial charge in [-0.05, 0) is 24.5 Å². The Morgan fingerprint density at radius 2 is 1.96 bits per heavy atom. The summed E-state index contributed by atoms with van der Waals surface area (Å²) in [6.07, 6.45) is 5.09. The van der Waals surface area contributed by atoms with Crippen LogP contribution in [0.5, 0.6) is 0 Å². The van der Waals surface area contributed by atoms with Crippen LogP contribution < -0.4 is 4.90 Å². The molecule has 1 amide bonds. The minimum absolute atomic E-state index is 0.00654. The molecule has 1 saturated heterocycles. The molecule has 0 atom stereocenters. The molecule has 1 aliphatic rings. The number of amides is 1.